The maximum atomic E-state index is 9.11. The summed E-state index contributed by atoms with van der Waals surface area (Å²) in [5.41, 5.74) is 6.71. The highest BCUT2D eigenvalue weighted by Gasteiger charge is 2.49. The van der Waals surface area contributed by atoms with E-state index in [4.69, 9.17) is 19.6 Å². The van der Waals surface area contributed by atoms with Crippen LogP contribution in [-0.4, -0.2) is 40.2 Å². The van der Waals surface area contributed by atoms with E-state index in [1.165, 1.54) is 0 Å². The van der Waals surface area contributed by atoms with E-state index in [2.05, 4.69) is 27.2 Å². The molecule has 2 aliphatic heterocycles. The monoisotopic (exact) mass is 442 g/mol. The summed E-state index contributed by atoms with van der Waals surface area (Å²) in [5.74, 6) is 2.18. The van der Waals surface area contributed by atoms with Gasteiger partial charge in [-0.3, -0.25) is 0 Å². The topological polar surface area (TPSA) is 84.3 Å². The molecule has 0 aliphatic carbocycles. The second kappa shape index (κ2) is 8.11. The number of nitrogens with one attached hydrogen (secondary N) is 1. The molecule has 5 rings (SSSR count). The molecule has 2 aromatic carbocycles. The van der Waals surface area contributed by atoms with E-state index < -0.39 is 5.72 Å². The molecule has 0 amide bonds. The molecule has 2 aliphatic rings. The Morgan fingerprint density at radius 1 is 1.27 bits per heavy atom. The molecule has 0 saturated carbocycles. The summed E-state index contributed by atoms with van der Waals surface area (Å²) in [7, 11) is 1.65. The number of hydroxylamine groups is 1. The van der Waals surface area contributed by atoms with Crippen LogP contribution in [0.5, 0.6) is 5.75 Å². The van der Waals surface area contributed by atoms with Crippen LogP contribution in [0.3, 0.4) is 0 Å². The van der Waals surface area contributed by atoms with Gasteiger partial charge in [0.25, 0.3) is 5.72 Å². The van der Waals surface area contributed by atoms with Gasteiger partial charge in [-0.05, 0) is 42.8 Å². The first-order valence-corrected chi connectivity index (χ1v) is 10.6. The summed E-state index contributed by atoms with van der Waals surface area (Å²) in [6.07, 6.45) is 5.72. The Balaban J connectivity index is 1.54. The van der Waals surface area contributed by atoms with Crippen LogP contribution in [0, 0.1) is 18.3 Å². The average Bonchev–Trinajstić information content (AvgIpc) is 3.44. The second-order valence-electron chi connectivity index (χ2n) is 8.12. The number of nitriles is 1. The van der Waals surface area contributed by atoms with E-state index >= 15 is 0 Å². The number of amidine groups is 1. The lowest BCUT2D eigenvalue weighted by atomic mass is 10.0. The Morgan fingerprint density at radius 3 is 2.79 bits per heavy atom. The summed E-state index contributed by atoms with van der Waals surface area (Å²) < 4.78 is 15.6. The minimum Gasteiger partial charge on any atom is -0.497 e. The van der Waals surface area contributed by atoms with E-state index in [1.54, 1.807) is 25.6 Å². The van der Waals surface area contributed by atoms with E-state index in [-0.39, 0.29) is 0 Å². The first kappa shape index (κ1) is 20.8. The average molecular weight is 442 g/mol. The van der Waals surface area contributed by atoms with Crippen molar-refractivity contribution < 1.29 is 18.9 Å². The molecule has 3 aromatic rings. The van der Waals surface area contributed by atoms with Crippen molar-refractivity contribution in [3.8, 4) is 17.5 Å². The van der Waals surface area contributed by atoms with E-state index in [9.17, 15) is 0 Å². The van der Waals surface area contributed by atoms with Crippen LogP contribution < -0.4 is 10.2 Å². The smallest absolute Gasteiger partial charge is 0.346 e. The zero-order valence-electron chi connectivity index (χ0n) is 18.7. The molecule has 1 N–H and O–H groups in total. The van der Waals surface area contributed by atoms with Crippen molar-refractivity contribution in [2.75, 3.05) is 20.3 Å². The maximum absolute atomic E-state index is 9.11. The van der Waals surface area contributed by atoms with Crippen LogP contribution in [0.2, 0.25) is 0 Å². The van der Waals surface area contributed by atoms with Gasteiger partial charge in [-0.2, -0.15) is 5.26 Å². The summed E-state index contributed by atoms with van der Waals surface area (Å²) >= 11 is 0. The van der Waals surface area contributed by atoms with E-state index in [0.29, 0.717) is 24.5 Å². The van der Waals surface area contributed by atoms with E-state index in [1.807, 2.05) is 55.0 Å². The standard InChI is InChI=1S/C25H23N5O3/c1-17-15-29(16-27-17)21-10-19(11-22(13-21)31-3)12-23-24-28-33-25(2,30(24)8-9-32-23)20-6-4-18(14-26)5-7-20/h4-7,10-13,15-16H,8-9H2,1-3H3/p+1/b23-12+. The van der Waals surface area contributed by atoms with E-state index in [0.717, 1.165) is 34.1 Å². The summed E-state index contributed by atoms with van der Waals surface area (Å²) in [5, 5.41) is 9.11. The predicted octanol–water partition coefficient (Wildman–Crippen LogP) is 3.25. The third-order valence-corrected chi connectivity index (χ3v) is 5.94. The Labute approximate surface area is 191 Å². The lowest BCUT2D eigenvalue weighted by Gasteiger charge is -2.24. The van der Waals surface area contributed by atoms with Gasteiger partial charge in [-0.15, -0.1) is 10.3 Å². The molecule has 0 radical (unpaired) electrons. The number of imidazole rings is 1. The first-order valence-electron chi connectivity index (χ1n) is 10.6. The maximum Gasteiger partial charge on any atom is 0.346 e. The van der Waals surface area contributed by atoms with Gasteiger partial charge in [-0.25, -0.2) is 9.56 Å². The molecule has 33 heavy (non-hydrogen) atoms. The van der Waals surface area contributed by atoms with Crippen molar-refractivity contribution in [1.29, 1.82) is 5.26 Å². The first-order chi connectivity index (χ1) is 16.0. The molecule has 166 valence electrons. The van der Waals surface area contributed by atoms with Crippen molar-refractivity contribution in [3.05, 3.63) is 83.1 Å². The molecule has 8 nitrogen and oxygen atoms in total. The zero-order chi connectivity index (χ0) is 23.0. The van der Waals surface area contributed by atoms with Gasteiger partial charge < -0.3 is 14.0 Å². The summed E-state index contributed by atoms with van der Waals surface area (Å²) in [6, 6.07) is 15.6. The molecular formula is C25H24N5O3+. The molecular weight excluding hydrogens is 418 g/mol. The lowest BCUT2D eigenvalue weighted by molar-refractivity contribution is -0.656. The number of aryl methyl sites for hydroxylation is 1. The molecule has 0 spiro atoms. The van der Waals surface area contributed by atoms with Crippen LogP contribution in [0.25, 0.3) is 11.8 Å². The van der Waals surface area contributed by atoms with Gasteiger partial charge in [-0.1, -0.05) is 12.1 Å². The minimum absolute atomic E-state index is 0.518. The third kappa shape index (κ3) is 3.73. The molecule has 0 saturated heterocycles. The summed E-state index contributed by atoms with van der Waals surface area (Å²) in [4.78, 5) is 10.4. The van der Waals surface area contributed by atoms with Gasteiger partial charge >= 0.3 is 5.84 Å². The SMILES string of the molecule is COc1cc(/C=C2/OCC[N+]3=C2NOC3(C)c2ccc(C#N)cc2)cc(-n2cnc(C)c2)c1. The zero-order valence-corrected chi connectivity index (χ0v) is 18.7. The number of ether oxygens (including phenoxy) is 2. The number of aromatic nitrogens is 2. The Bertz CT molecular complexity index is 1320. The van der Waals surface area contributed by atoms with Gasteiger partial charge in [0.15, 0.2) is 0 Å². The van der Waals surface area contributed by atoms with Gasteiger partial charge in [0.2, 0.25) is 5.76 Å². The lowest BCUT2D eigenvalue weighted by Crippen LogP contribution is -2.40. The van der Waals surface area contributed by atoms with Crippen LogP contribution in [0.15, 0.2) is 60.7 Å². The van der Waals surface area contributed by atoms with Crippen LogP contribution in [-0.2, 0) is 15.3 Å². The highest BCUT2D eigenvalue weighted by Crippen LogP contribution is 2.32. The normalized spacial score (nSPS) is 20.7. The van der Waals surface area contributed by atoms with Crippen LogP contribution in [0.4, 0.5) is 0 Å². The van der Waals surface area contributed by atoms with Crippen molar-refractivity contribution in [2.45, 2.75) is 19.6 Å². The summed E-state index contributed by atoms with van der Waals surface area (Å²) in [6.45, 7) is 5.14. The minimum atomic E-state index is -0.722. The van der Waals surface area contributed by atoms with Crippen molar-refractivity contribution in [3.63, 3.8) is 0 Å². The molecule has 0 bridgehead atoms. The molecule has 1 unspecified atom stereocenters. The quantitative estimate of drug-likeness (QED) is 0.625. The van der Waals surface area contributed by atoms with Crippen molar-refractivity contribution >= 4 is 11.9 Å². The van der Waals surface area contributed by atoms with Gasteiger partial charge in [0.1, 0.15) is 18.9 Å². The number of methoxy groups -OCH3 is 1. The number of rotatable bonds is 4. The number of hydrogen-bond acceptors (Lipinski definition) is 6. The predicted molar refractivity (Wildman–Crippen MR) is 122 cm³/mol. The highest BCUT2D eigenvalue weighted by molar-refractivity contribution is 5.97. The molecule has 1 atom stereocenters. The van der Waals surface area contributed by atoms with Crippen molar-refractivity contribution in [2.24, 2.45) is 0 Å². The van der Waals surface area contributed by atoms with Crippen LogP contribution in [0.1, 0.15) is 29.3 Å². The number of nitrogens with zero attached hydrogens (tertiary/aromatic N) is 4. The number of hydrogen-bond donors (Lipinski definition) is 1. The largest absolute Gasteiger partial charge is 0.497 e. The second-order valence-corrected chi connectivity index (χ2v) is 8.12. The molecule has 8 heteroatoms. The van der Waals surface area contributed by atoms with Crippen LogP contribution >= 0.6 is 0 Å². The van der Waals surface area contributed by atoms with Crippen molar-refractivity contribution in [1.82, 2.24) is 15.0 Å². The van der Waals surface area contributed by atoms with Gasteiger partial charge in [0, 0.05) is 24.8 Å². The highest BCUT2D eigenvalue weighted by atomic mass is 16.7. The Hall–Kier alpha value is -4.09. The fourth-order valence-corrected chi connectivity index (χ4v) is 4.14. The number of benzene rings is 2. The fourth-order valence-electron chi connectivity index (χ4n) is 4.14. The Kier molecular flexibility index (Phi) is 5.11. The fraction of sp³-hybridized carbons (Fsp3) is 0.240. The third-order valence-electron chi connectivity index (χ3n) is 5.94. The van der Waals surface area contributed by atoms with Gasteiger partial charge in [0.05, 0.1) is 36.5 Å². The molecule has 0 fully saturated rings. The molecule has 3 heterocycles. The molecule has 1 aromatic heterocycles. The Morgan fingerprint density at radius 2 is 2.09 bits per heavy atom.